The summed E-state index contributed by atoms with van der Waals surface area (Å²) in [6.07, 6.45) is 0. The third kappa shape index (κ3) is 7.69. The van der Waals surface area contributed by atoms with Gasteiger partial charge in [0.1, 0.15) is 0 Å². The molecule has 0 fully saturated rings. The van der Waals surface area contributed by atoms with E-state index in [2.05, 4.69) is 0 Å². The molecule has 0 aliphatic rings. The van der Waals surface area contributed by atoms with Gasteiger partial charge in [-0.15, -0.1) is 0 Å². The van der Waals surface area contributed by atoms with Gasteiger partial charge in [-0.05, 0) is 0 Å². The Morgan fingerprint density at radius 3 is 2.08 bits per heavy atom. The molecule has 1 aromatic rings. The molecule has 0 spiro atoms. The van der Waals surface area contributed by atoms with E-state index < -0.39 is 13.5 Å². The molecular weight excluding hydrogens is 312 g/mol. The molecule has 1 aromatic carbocycles. The summed E-state index contributed by atoms with van der Waals surface area (Å²) in [6.45, 7) is 0. The van der Waals surface area contributed by atoms with Gasteiger partial charge in [0.15, 0.2) is 0 Å². The molecule has 0 nitrogen and oxygen atoms in total. The van der Waals surface area contributed by atoms with Crippen molar-refractivity contribution in [1.29, 1.82) is 0 Å². The number of hydrogen-bond donors (Lipinski definition) is 0. The first-order valence-electron chi connectivity index (χ1n) is 2.82. The zero-order valence-corrected chi connectivity index (χ0v) is 11.5. The van der Waals surface area contributed by atoms with Gasteiger partial charge in [-0.1, -0.05) is 0 Å². The number of rotatable bonds is 2. The molecule has 0 radical (unpaired) electrons. The van der Waals surface area contributed by atoms with Crippen molar-refractivity contribution in [2.24, 2.45) is 0 Å². The summed E-state index contributed by atoms with van der Waals surface area (Å²) >= 11 is 0.00846. The summed E-state index contributed by atoms with van der Waals surface area (Å²) < 4.78 is 1.92. The summed E-state index contributed by atoms with van der Waals surface area (Å²) in [5.74, 6) is 0. The van der Waals surface area contributed by atoms with Gasteiger partial charge in [0.25, 0.3) is 0 Å². The molecule has 0 bridgehead atoms. The number of thioether (sulfide) groups is 1. The van der Waals surface area contributed by atoms with Crippen LogP contribution in [0.2, 0.25) is 0 Å². The van der Waals surface area contributed by atoms with Crippen LogP contribution in [0.5, 0.6) is 0 Å². The van der Waals surface area contributed by atoms with Crippen molar-refractivity contribution < 1.29 is 13.5 Å². The Bertz CT molecular complexity index is 245. The number of hydrogen-bond acceptors (Lipinski definition) is 1. The Balaban J connectivity index is 0. The molecule has 0 heterocycles. The molecule has 13 heavy (non-hydrogen) atoms. The van der Waals surface area contributed by atoms with Crippen LogP contribution >= 0.6 is 31.1 Å². The Labute approximate surface area is 98.1 Å². The van der Waals surface area contributed by atoms with E-state index in [9.17, 15) is 0 Å². The average molecular weight is 324 g/mol. The zero-order valence-electron chi connectivity index (χ0n) is 7.48. The number of halogens is 2. The molecule has 0 amide bonds. The normalized spacial score (nSPS) is 9.23. The minimum atomic E-state index is -1.59. The molecule has 0 atom stereocenters. The molecule has 0 saturated carbocycles. The molecular formula is C9H12Cl2RuS-2. The van der Waals surface area contributed by atoms with Gasteiger partial charge in [-0.3, -0.25) is 0 Å². The van der Waals surface area contributed by atoms with Crippen molar-refractivity contribution in [3.63, 3.8) is 0 Å². The van der Waals surface area contributed by atoms with E-state index in [0.717, 1.165) is 0 Å². The molecule has 0 aromatic heterocycles. The first-order valence-corrected chi connectivity index (χ1v) is 9.18. The molecule has 0 saturated heterocycles. The van der Waals surface area contributed by atoms with Crippen LogP contribution in [0.25, 0.3) is 0 Å². The van der Waals surface area contributed by atoms with E-state index in [4.69, 9.17) is 19.4 Å². The fraction of sp³-hybridized carbons (Fsp3) is 0. The fourth-order valence-corrected chi connectivity index (χ4v) is 3.34. The Hall–Kier alpha value is 0.643. The van der Waals surface area contributed by atoms with E-state index in [0.29, 0.717) is 0 Å². The summed E-state index contributed by atoms with van der Waals surface area (Å²) in [5, 5.41) is 0. The third-order valence-electron chi connectivity index (χ3n) is 0.984. The van der Waals surface area contributed by atoms with Gasteiger partial charge in [0.05, 0.1) is 0 Å². The van der Waals surface area contributed by atoms with Crippen molar-refractivity contribution in [2.45, 2.75) is 4.90 Å². The van der Waals surface area contributed by atoms with Crippen LogP contribution in [0, 0.1) is 14.9 Å². The van der Waals surface area contributed by atoms with Crippen LogP contribution in [0.3, 0.4) is 0 Å². The second-order valence-corrected chi connectivity index (χ2v) is 9.04. The molecule has 0 unspecified atom stereocenters. The third-order valence-corrected chi connectivity index (χ3v) is 5.52. The monoisotopic (exact) mass is 324 g/mol. The van der Waals surface area contributed by atoms with Crippen molar-refractivity contribution >= 4 is 35.1 Å². The minimum absolute atomic E-state index is 0. The maximum atomic E-state index is 5.66. The van der Waals surface area contributed by atoms with E-state index >= 15 is 0 Å². The van der Waals surface area contributed by atoms with Crippen molar-refractivity contribution in [3.05, 3.63) is 45.2 Å². The quantitative estimate of drug-likeness (QED) is 0.442. The van der Waals surface area contributed by atoms with Crippen LogP contribution in [0.4, 0.5) is 0 Å². The van der Waals surface area contributed by atoms with Crippen LogP contribution < -0.4 is 0 Å². The zero-order chi connectivity index (χ0) is 8.10. The number of benzene rings is 1. The van der Waals surface area contributed by atoms with Crippen molar-refractivity contribution in [3.8, 4) is 0 Å². The SMILES string of the molecule is [CH3-].[CH3-].[Cl][Ru]([Cl])=[CH]Sc1ccccc1. The van der Waals surface area contributed by atoms with Gasteiger partial charge in [-0.2, -0.15) is 0 Å². The summed E-state index contributed by atoms with van der Waals surface area (Å²) in [4.78, 5) is 1.19. The predicted octanol–water partition coefficient (Wildman–Crippen LogP) is 4.36. The van der Waals surface area contributed by atoms with Gasteiger partial charge >= 0.3 is 83.8 Å². The maximum absolute atomic E-state index is 5.66. The topological polar surface area (TPSA) is 0 Å². The standard InChI is InChI=1S/C7H6S.2CH3.2ClH.Ru/c1-8-7-5-3-2-4-6-7;;;;;/h1-6H;2*1H3;2*1H;/q;2*-1;;;+2/p-2. The molecule has 0 aliphatic carbocycles. The van der Waals surface area contributed by atoms with E-state index in [-0.39, 0.29) is 14.9 Å². The van der Waals surface area contributed by atoms with E-state index in [1.807, 2.05) is 34.3 Å². The fourth-order valence-electron chi connectivity index (χ4n) is 0.579. The Morgan fingerprint density at radius 2 is 1.62 bits per heavy atom. The summed E-state index contributed by atoms with van der Waals surface area (Å²) in [7, 11) is 11.3. The summed E-state index contributed by atoms with van der Waals surface area (Å²) in [5.41, 5.74) is 0. The van der Waals surface area contributed by atoms with E-state index in [1.54, 1.807) is 11.8 Å². The Kier molecular flexibility index (Phi) is 11.4. The first kappa shape index (κ1) is 16.1. The van der Waals surface area contributed by atoms with Gasteiger partial charge in [0, 0.05) is 0 Å². The van der Waals surface area contributed by atoms with Gasteiger partial charge in [-0.25, -0.2) is 0 Å². The van der Waals surface area contributed by atoms with Crippen LogP contribution in [-0.4, -0.2) is 3.94 Å². The summed E-state index contributed by atoms with van der Waals surface area (Å²) in [6, 6.07) is 10.0. The molecule has 1 rings (SSSR count). The first-order chi connectivity index (χ1) is 5.29. The molecule has 78 valence electrons. The van der Waals surface area contributed by atoms with Crippen LogP contribution in [0.1, 0.15) is 0 Å². The average Bonchev–Trinajstić information content (AvgIpc) is 2.03. The molecule has 0 N–H and O–H groups in total. The molecule has 4 heteroatoms. The van der Waals surface area contributed by atoms with E-state index in [1.165, 1.54) is 4.90 Å². The second kappa shape index (κ2) is 9.21. The van der Waals surface area contributed by atoms with Crippen molar-refractivity contribution in [1.82, 2.24) is 0 Å². The van der Waals surface area contributed by atoms with Crippen LogP contribution in [0.15, 0.2) is 35.2 Å². The second-order valence-electron chi connectivity index (χ2n) is 1.72. The van der Waals surface area contributed by atoms with Crippen molar-refractivity contribution in [2.75, 3.05) is 0 Å². The predicted molar refractivity (Wildman–Crippen MR) is 62.9 cm³/mol. The van der Waals surface area contributed by atoms with Crippen LogP contribution in [-0.2, 0) is 13.5 Å². The van der Waals surface area contributed by atoms with Gasteiger partial charge in [0.2, 0.25) is 0 Å². The molecule has 0 aliphatic heterocycles. The van der Waals surface area contributed by atoms with Gasteiger partial charge < -0.3 is 14.9 Å². The Morgan fingerprint density at radius 1 is 1.08 bits per heavy atom.